The molecule has 0 saturated heterocycles. The van der Waals surface area contributed by atoms with Gasteiger partial charge in [-0.2, -0.15) is 0 Å². The summed E-state index contributed by atoms with van der Waals surface area (Å²) in [6.45, 7) is 0.397. The third-order valence-electron chi connectivity index (χ3n) is 3.35. The van der Waals surface area contributed by atoms with Crippen LogP contribution in [0.1, 0.15) is 5.56 Å². The van der Waals surface area contributed by atoms with E-state index in [-0.39, 0.29) is 6.03 Å². The first-order valence-electron chi connectivity index (χ1n) is 7.38. The summed E-state index contributed by atoms with van der Waals surface area (Å²) in [4.78, 5) is 15.9. The van der Waals surface area contributed by atoms with Crippen LogP contribution in [0.4, 0.5) is 10.6 Å². The Bertz CT molecular complexity index is 817. The smallest absolute Gasteiger partial charge is 0.320 e. The maximum Gasteiger partial charge on any atom is 0.320 e. The Morgan fingerprint density at radius 1 is 1.21 bits per heavy atom. The van der Waals surface area contributed by atoms with E-state index in [0.29, 0.717) is 12.4 Å². The predicted molar refractivity (Wildman–Crippen MR) is 90.2 cm³/mol. The number of nitrogens with one attached hydrogen (secondary N) is 2. The standard InChI is InChI=1S/C17H17N5O2/c1-24-15-4-2-3-13(11-15)12-19-17(23)20-16-7-10-22(21-16)14-5-8-18-9-6-14/h2-11H,12H2,1H3,(H2,19,20,21,23). The van der Waals surface area contributed by atoms with Gasteiger partial charge in [-0.05, 0) is 29.8 Å². The van der Waals surface area contributed by atoms with Gasteiger partial charge in [0.15, 0.2) is 5.82 Å². The molecule has 2 aromatic heterocycles. The molecule has 0 aliphatic heterocycles. The normalized spacial score (nSPS) is 10.2. The van der Waals surface area contributed by atoms with Crippen LogP contribution in [0.3, 0.4) is 0 Å². The topological polar surface area (TPSA) is 81.1 Å². The highest BCUT2D eigenvalue weighted by atomic mass is 16.5. The first-order chi connectivity index (χ1) is 11.7. The van der Waals surface area contributed by atoms with E-state index >= 15 is 0 Å². The van der Waals surface area contributed by atoms with E-state index in [0.717, 1.165) is 17.0 Å². The summed E-state index contributed by atoms with van der Waals surface area (Å²) in [5.41, 5.74) is 1.82. The summed E-state index contributed by atoms with van der Waals surface area (Å²) in [6.07, 6.45) is 5.14. The second-order valence-corrected chi connectivity index (χ2v) is 5.01. The van der Waals surface area contributed by atoms with Crippen LogP contribution in [0.2, 0.25) is 0 Å². The lowest BCUT2D eigenvalue weighted by atomic mass is 10.2. The van der Waals surface area contributed by atoms with Gasteiger partial charge in [0.1, 0.15) is 5.75 Å². The molecule has 7 heteroatoms. The summed E-state index contributed by atoms with van der Waals surface area (Å²) in [6, 6.07) is 12.6. The molecule has 0 unspecified atom stereocenters. The van der Waals surface area contributed by atoms with Crippen molar-refractivity contribution in [2.24, 2.45) is 0 Å². The number of methoxy groups -OCH3 is 1. The second-order valence-electron chi connectivity index (χ2n) is 5.01. The molecular formula is C17H17N5O2. The molecule has 2 amide bonds. The lowest BCUT2D eigenvalue weighted by Gasteiger charge is -2.07. The summed E-state index contributed by atoms with van der Waals surface area (Å²) in [5.74, 6) is 1.22. The van der Waals surface area contributed by atoms with Gasteiger partial charge in [-0.15, -0.1) is 5.10 Å². The van der Waals surface area contributed by atoms with Gasteiger partial charge in [-0.1, -0.05) is 12.1 Å². The fourth-order valence-electron chi connectivity index (χ4n) is 2.16. The van der Waals surface area contributed by atoms with E-state index in [1.807, 2.05) is 36.4 Å². The predicted octanol–water partition coefficient (Wildman–Crippen LogP) is 2.60. The molecule has 24 heavy (non-hydrogen) atoms. The SMILES string of the molecule is COc1cccc(CNC(=O)Nc2ccn(-c3ccncc3)n2)c1. The summed E-state index contributed by atoms with van der Waals surface area (Å²) in [5, 5.41) is 9.78. The van der Waals surface area contributed by atoms with Crippen LogP contribution in [0.25, 0.3) is 5.69 Å². The fraction of sp³-hybridized carbons (Fsp3) is 0.118. The van der Waals surface area contributed by atoms with Crippen molar-refractivity contribution in [1.82, 2.24) is 20.1 Å². The highest BCUT2D eigenvalue weighted by Gasteiger charge is 2.06. The van der Waals surface area contributed by atoms with Crippen molar-refractivity contribution in [1.29, 1.82) is 0 Å². The molecule has 0 aliphatic carbocycles. The number of carbonyl (C=O) groups excluding carboxylic acids is 1. The highest BCUT2D eigenvalue weighted by molar-refractivity contribution is 5.88. The van der Waals surface area contributed by atoms with Crippen molar-refractivity contribution in [3.63, 3.8) is 0 Å². The van der Waals surface area contributed by atoms with Crippen molar-refractivity contribution in [3.8, 4) is 11.4 Å². The van der Waals surface area contributed by atoms with Crippen molar-refractivity contribution in [3.05, 3.63) is 66.6 Å². The summed E-state index contributed by atoms with van der Waals surface area (Å²) < 4.78 is 6.82. The average molecular weight is 323 g/mol. The Morgan fingerprint density at radius 3 is 2.83 bits per heavy atom. The zero-order chi connectivity index (χ0) is 16.8. The minimum absolute atomic E-state index is 0.321. The number of hydrogen-bond acceptors (Lipinski definition) is 4. The number of carbonyl (C=O) groups is 1. The largest absolute Gasteiger partial charge is 0.497 e. The third kappa shape index (κ3) is 3.89. The molecule has 122 valence electrons. The van der Waals surface area contributed by atoms with Crippen LogP contribution >= 0.6 is 0 Å². The van der Waals surface area contributed by atoms with Crippen LogP contribution in [-0.2, 0) is 6.54 Å². The van der Waals surface area contributed by atoms with E-state index in [1.165, 1.54) is 0 Å². The van der Waals surface area contributed by atoms with Gasteiger partial charge in [-0.25, -0.2) is 9.48 Å². The number of hydrogen-bond donors (Lipinski definition) is 2. The molecule has 2 heterocycles. The molecule has 0 atom stereocenters. The molecule has 3 rings (SSSR count). The molecular weight excluding hydrogens is 306 g/mol. The van der Waals surface area contributed by atoms with Crippen LogP contribution in [0.5, 0.6) is 5.75 Å². The summed E-state index contributed by atoms with van der Waals surface area (Å²) in [7, 11) is 1.61. The number of aromatic nitrogens is 3. The Balaban J connectivity index is 1.56. The van der Waals surface area contributed by atoms with E-state index in [2.05, 4.69) is 20.7 Å². The zero-order valence-electron chi connectivity index (χ0n) is 13.1. The van der Waals surface area contributed by atoms with Gasteiger partial charge >= 0.3 is 6.03 Å². The minimum atomic E-state index is -0.321. The first kappa shape index (κ1) is 15.5. The molecule has 3 aromatic rings. The van der Waals surface area contributed by atoms with Crippen molar-refractivity contribution >= 4 is 11.8 Å². The average Bonchev–Trinajstić information content (AvgIpc) is 3.09. The monoisotopic (exact) mass is 323 g/mol. The molecule has 2 N–H and O–H groups in total. The maximum absolute atomic E-state index is 12.0. The van der Waals surface area contributed by atoms with E-state index in [4.69, 9.17) is 4.74 Å². The minimum Gasteiger partial charge on any atom is -0.497 e. The Labute approximate surface area is 139 Å². The Kier molecular flexibility index (Phi) is 4.71. The second kappa shape index (κ2) is 7.28. The highest BCUT2D eigenvalue weighted by Crippen LogP contribution is 2.12. The first-order valence-corrected chi connectivity index (χ1v) is 7.38. The number of nitrogens with zero attached hydrogens (tertiary/aromatic N) is 3. The maximum atomic E-state index is 12.0. The number of anilines is 1. The van der Waals surface area contributed by atoms with Crippen molar-refractivity contribution < 1.29 is 9.53 Å². The molecule has 0 spiro atoms. The number of amides is 2. The van der Waals surface area contributed by atoms with Gasteiger partial charge in [0, 0.05) is 31.2 Å². The molecule has 7 nitrogen and oxygen atoms in total. The summed E-state index contributed by atoms with van der Waals surface area (Å²) >= 11 is 0. The van der Waals surface area contributed by atoms with Gasteiger partial charge in [0.05, 0.1) is 12.8 Å². The molecule has 0 fully saturated rings. The van der Waals surface area contributed by atoms with Gasteiger partial charge in [0.2, 0.25) is 0 Å². The van der Waals surface area contributed by atoms with Crippen molar-refractivity contribution in [2.75, 3.05) is 12.4 Å². The van der Waals surface area contributed by atoms with Gasteiger partial charge in [0.25, 0.3) is 0 Å². The van der Waals surface area contributed by atoms with Crippen LogP contribution < -0.4 is 15.4 Å². The number of pyridine rings is 1. The molecule has 0 saturated carbocycles. The number of ether oxygens (including phenoxy) is 1. The Morgan fingerprint density at radius 2 is 2.04 bits per heavy atom. The quantitative estimate of drug-likeness (QED) is 0.756. The van der Waals surface area contributed by atoms with E-state index in [9.17, 15) is 4.79 Å². The van der Waals surface area contributed by atoms with Crippen LogP contribution in [0, 0.1) is 0 Å². The van der Waals surface area contributed by atoms with Crippen LogP contribution in [-0.4, -0.2) is 27.9 Å². The molecule has 0 aliphatic rings. The lowest BCUT2D eigenvalue weighted by molar-refractivity contribution is 0.251. The molecule has 1 aromatic carbocycles. The molecule has 0 bridgehead atoms. The molecule has 0 radical (unpaired) electrons. The van der Waals surface area contributed by atoms with Gasteiger partial charge in [-0.3, -0.25) is 10.3 Å². The van der Waals surface area contributed by atoms with Gasteiger partial charge < -0.3 is 10.1 Å². The van der Waals surface area contributed by atoms with E-state index < -0.39 is 0 Å². The zero-order valence-corrected chi connectivity index (χ0v) is 13.1. The fourth-order valence-corrected chi connectivity index (χ4v) is 2.16. The number of benzene rings is 1. The van der Waals surface area contributed by atoms with Crippen LogP contribution in [0.15, 0.2) is 61.1 Å². The number of rotatable bonds is 5. The van der Waals surface area contributed by atoms with E-state index in [1.54, 1.807) is 36.4 Å². The third-order valence-corrected chi connectivity index (χ3v) is 3.35. The lowest BCUT2D eigenvalue weighted by Crippen LogP contribution is -2.28. The Hall–Kier alpha value is -3.35. The number of urea groups is 1. The van der Waals surface area contributed by atoms with Crippen molar-refractivity contribution in [2.45, 2.75) is 6.54 Å².